The number of amides is 2. The molecule has 0 saturated carbocycles. The number of nitrogens with two attached hydrogens (primary N) is 2. The van der Waals surface area contributed by atoms with E-state index >= 15 is 0 Å². The molecule has 18 nitrogen and oxygen atoms in total. The van der Waals surface area contributed by atoms with Crippen LogP contribution in [0.15, 0.2) is 28.7 Å². The third-order valence-corrected chi connectivity index (χ3v) is 6.73. The Bertz CT molecular complexity index is 1460. The van der Waals surface area contributed by atoms with Crippen molar-refractivity contribution in [2.75, 3.05) is 44.4 Å². The summed E-state index contributed by atoms with van der Waals surface area (Å²) in [6.07, 6.45) is 2.66. The number of hydrogen-bond donors (Lipinski definition) is 7. The minimum absolute atomic E-state index is 0.0399. The Labute approximate surface area is 257 Å². The molecule has 2 aromatic rings. The molecule has 9 N–H and O–H groups in total. The number of carbonyl (C=O) groups is 3. The lowest BCUT2D eigenvalue weighted by Gasteiger charge is -2.50. The average Bonchev–Trinajstić information content (AvgIpc) is 3.39. The average molecular weight is 660 g/mol. The second kappa shape index (κ2) is 16.5. The Balaban J connectivity index is 0.00000216. The zero-order valence-electron chi connectivity index (χ0n) is 24.1. The lowest BCUT2D eigenvalue weighted by Crippen LogP contribution is -2.76. The predicted molar refractivity (Wildman–Crippen MR) is 159 cm³/mol. The van der Waals surface area contributed by atoms with Gasteiger partial charge in [0.25, 0.3) is 18.3 Å². The first-order chi connectivity index (χ1) is 20.8. The highest BCUT2D eigenvalue weighted by Gasteiger charge is 2.58. The predicted octanol–water partition coefficient (Wildman–Crippen LogP) is -2.04. The number of nitrogen functional groups attached to an aromatic ring is 1. The lowest BCUT2D eigenvalue weighted by atomic mass is 9.84. The van der Waals surface area contributed by atoms with E-state index in [2.05, 4.69) is 30.0 Å². The second-order valence-corrected chi connectivity index (χ2v) is 11.1. The Morgan fingerprint density at radius 1 is 1.34 bits per heavy atom. The number of ether oxygens (including phenoxy) is 1. The van der Waals surface area contributed by atoms with Gasteiger partial charge in [0.2, 0.25) is 0 Å². The lowest BCUT2D eigenvalue weighted by molar-refractivity contribution is -0.413. The molecule has 2 amide bonds. The monoisotopic (exact) mass is 659 g/mol. The van der Waals surface area contributed by atoms with Crippen LogP contribution in [0.25, 0.3) is 0 Å². The molecule has 1 aromatic carbocycles. The molecular weight excluding hydrogens is 624 g/mol. The van der Waals surface area contributed by atoms with Crippen LogP contribution in [0.3, 0.4) is 0 Å². The molecule has 2 heterocycles. The number of carbonyl (C=O) groups excluding carboxylic acids is 2. The fourth-order valence-electron chi connectivity index (χ4n) is 3.72. The summed E-state index contributed by atoms with van der Waals surface area (Å²) in [5.74, 6) is -1.15. The molecule has 242 valence electrons. The van der Waals surface area contributed by atoms with Gasteiger partial charge in [-0.15, -0.1) is 15.6 Å². The number of hydrogen-bond acceptors (Lipinski definition) is 14. The number of thiazole rings is 1. The second-order valence-electron chi connectivity index (χ2n) is 9.24. The number of carboxylic acid groups (broad SMARTS) is 1. The van der Waals surface area contributed by atoms with E-state index in [1.807, 2.05) is 18.3 Å². The molecule has 1 aliphatic rings. The van der Waals surface area contributed by atoms with Crippen molar-refractivity contribution < 1.29 is 51.3 Å². The van der Waals surface area contributed by atoms with E-state index in [0.29, 0.717) is 17.4 Å². The number of hydroxylamine groups is 2. The van der Waals surface area contributed by atoms with Crippen molar-refractivity contribution in [2.45, 2.75) is 31.8 Å². The summed E-state index contributed by atoms with van der Waals surface area (Å²) < 4.78 is 41.0. The highest BCUT2D eigenvalue weighted by molar-refractivity contribution is 7.80. The molecule has 20 heteroatoms. The van der Waals surface area contributed by atoms with Crippen LogP contribution in [-0.2, 0) is 33.9 Å². The molecule has 1 unspecified atom stereocenters. The maximum absolute atomic E-state index is 13.1. The van der Waals surface area contributed by atoms with Gasteiger partial charge in [0, 0.05) is 17.6 Å². The molecule has 1 aliphatic heterocycles. The normalized spacial score (nSPS) is 16.0. The van der Waals surface area contributed by atoms with Crippen molar-refractivity contribution >= 4 is 62.8 Å². The van der Waals surface area contributed by atoms with Gasteiger partial charge in [-0.1, -0.05) is 5.16 Å². The molecule has 0 aliphatic carbocycles. The van der Waals surface area contributed by atoms with Crippen molar-refractivity contribution in [3.63, 3.8) is 0 Å². The zero-order valence-corrected chi connectivity index (χ0v) is 25.7. The molecule has 0 bridgehead atoms. The number of anilines is 2. The summed E-state index contributed by atoms with van der Waals surface area (Å²) in [4.78, 5) is 46.2. The highest BCUT2D eigenvalue weighted by Crippen LogP contribution is 2.33. The minimum Gasteiger partial charge on any atom is -0.490 e. The molecule has 1 fully saturated rings. The summed E-state index contributed by atoms with van der Waals surface area (Å²) in [5, 5.41) is 18.7. The molecule has 0 spiro atoms. The fourth-order valence-corrected chi connectivity index (χ4v) is 4.72. The van der Waals surface area contributed by atoms with Crippen LogP contribution in [0.5, 0.6) is 5.75 Å². The van der Waals surface area contributed by atoms with E-state index in [-0.39, 0.29) is 36.2 Å². The molecule has 44 heavy (non-hydrogen) atoms. The van der Waals surface area contributed by atoms with Crippen molar-refractivity contribution in [1.29, 1.82) is 0 Å². The summed E-state index contributed by atoms with van der Waals surface area (Å²) in [6.45, 7) is 3.98. The highest BCUT2D eigenvalue weighted by atomic mass is 32.3. The van der Waals surface area contributed by atoms with Crippen LogP contribution < -0.4 is 31.8 Å². The fraction of sp³-hybridized carbons (Fsp3) is 0.417. The van der Waals surface area contributed by atoms with Gasteiger partial charge in [-0.3, -0.25) is 23.9 Å². The first-order valence-electron chi connectivity index (χ1n) is 12.8. The minimum atomic E-state index is -4.94. The summed E-state index contributed by atoms with van der Waals surface area (Å²) in [7, 11) is -3.16. The number of aromatic nitrogens is 1. The van der Waals surface area contributed by atoms with Gasteiger partial charge in [0.15, 0.2) is 23.7 Å². The van der Waals surface area contributed by atoms with E-state index < -0.39 is 33.8 Å². The number of nitrogens with one attached hydrogen (secondary N) is 3. The number of rotatable bonds is 15. The van der Waals surface area contributed by atoms with Crippen molar-refractivity contribution in [1.82, 2.24) is 15.4 Å². The molecule has 0 radical (unpaired) electrons. The van der Waals surface area contributed by atoms with Crippen molar-refractivity contribution in [3.8, 4) is 5.75 Å². The topological polar surface area (TPSA) is 272 Å². The third kappa shape index (κ3) is 10.1. The Kier molecular flexibility index (Phi) is 13.4. The van der Waals surface area contributed by atoms with Gasteiger partial charge in [-0.25, -0.2) is 4.98 Å². The van der Waals surface area contributed by atoms with Gasteiger partial charge in [-0.2, -0.15) is 13.5 Å². The third-order valence-electron chi connectivity index (χ3n) is 5.72. The van der Waals surface area contributed by atoms with Gasteiger partial charge >= 0.3 is 10.4 Å². The van der Waals surface area contributed by atoms with E-state index in [9.17, 15) is 18.0 Å². The van der Waals surface area contributed by atoms with Gasteiger partial charge in [-0.05, 0) is 45.0 Å². The van der Waals surface area contributed by atoms with E-state index in [1.54, 1.807) is 13.1 Å². The molecule has 1 atom stereocenters. The van der Waals surface area contributed by atoms with Crippen LogP contribution >= 0.6 is 11.3 Å². The first-order valence-corrected chi connectivity index (χ1v) is 15.1. The number of oxime groups is 1. The zero-order chi connectivity index (χ0) is 32.9. The Hall–Kier alpha value is -4.37. The molecule has 1 saturated heterocycles. The van der Waals surface area contributed by atoms with Gasteiger partial charge < -0.3 is 36.8 Å². The van der Waals surface area contributed by atoms with E-state index in [0.717, 1.165) is 35.6 Å². The Morgan fingerprint density at radius 3 is 2.61 bits per heavy atom. The number of nitrogens with zero attached hydrogens (tertiary/aromatic N) is 3. The maximum Gasteiger partial charge on any atom is 0.418 e. The summed E-state index contributed by atoms with van der Waals surface area (Å²) >= 11 is 1.07. The summed E-state index contributed by atoms with van der Waals surface area (Å²) in [5.41, 5.74) is 11.6. The van der Waals surface area contributed by atoms with Crippen LogP contribution in [0, 0.1) is 0 Å². The SMILES string of the molecule is C[NH+]=Cc1cc(OCCO/N=C(\C(=O)NC2C(=O)N(OS(=O)(=O)O)C2(C)C)c2csc(N)n2)ccc1NCCCN.O=CO. The van der Waals surface area contributed by atoms with Crippen molar-refractivity contribution in [2.24, 2.45) is 10.9 Å². The van der Waals surface area contributed by atoms with E-state index in [4.69, 9.17) is 35.5 Å². The molecule has 3 rings (SSSR count). The first kappa shape index (κ1) is 35.8. The molecule has 1 aromatic heterocycles. The summed E-state index contributed by atoms with van der Waals surface area (Å²) in [6, 6.07) is 4.32. The Morgan fingerprint density at radius 2 is 2.05 bits per heavy atom. The maximum atomic E-state index is 13.1. The van der Waals surface area contributed by atoms with Gasteiger partial charge in [0.05, 0.1) is 11.1 Å². The largest absolute Gasteiger partial charge is 0.490 e. The molecular formula is C24H35N8O10S2+. The van der Waals surface area contributed by atoms with Crippen LogP contribution in [-0.4, -0.2) is 103 Å². The standard InChI is InChI=1S/C23H32N8O8S2.CH2O2/c1-23(2)19(21(33)31(23)39-41(34,35)36)29-20(32)18(17-13-40-22(25)28-17)30-38-10-9-37-15-5-6-16(27-8-4-7-24)14(11-15)12-26-3;2-1-3/h5-6,11-13,19,27H,4,7-10,24H2,1-3H3,(H2,25,28)(H,29,32)(H,34,35,36);1H,(H,2,3)/p+1/b26-12?,30-18-;. The smallest absolute Gasteiger partial charge is 0.418 e. The van der Waals surface area contributed by atoms with E-state index in [1.165, 1.54) is 19.2 Å². The number of benzene rings is 1. The van der Waals surface area contributed by atoms with Gasteiger partial charge in [0.1, 0.15) is 31.1 Å². The quantitative estimate of drug-likeness (QED) is 0.0271. The van der Waals surface area contributed by atoms with Crippen molar-refractivity contribution in [3.05, 3.63) is 34.8 Å². The van der Waals surface area contributed by atoms with Crippen LogP contribution in [0.1, 0.15) is 31.5 Å². The van der Waals surface area contributed by atoms with Crippen LogP contribution in [0.2, 0.25) is 0 Å². The van der Waals surface area contributed by atoms with Crippen LogP contribution in [0.4, 0.5) is 10.8 Å². The number of β-lactam (4-membered cyclic amide) rings is 1.